The summed E-state index contributed by atoms with van der Waals surface area (Å²) in [7, 11) is 0. The molecule has 1 saturated heterocycles. The van der Waals surface area contributed by atoms with Gasteiger partial charge >= 0.3 is 0 Å². The molecule has 0 aromatic carbocycles. The van der Waals surface area contributed by atoms with Crippen LogP contribution in [0.4, 0.5) is 10.9 Å². The highest BCUT2D eigenvalue weighted by Crippen LogP contribution is 2.23. The van der Waals surface area contributed by atoms with E-state index in [9.17, 15) is 0 Å². The summed E-state index contributed by atoms with van der Waals surface area (Å²) in [4.78, 5) is 8.67. The molecule has 1 fully saturated rings. The van der Waals surface area contributed by atoms with Gasteiger partial charge in [0, 0.05) is 17.6 Å². The van der Waals surface area contributed by atoms with Crippen molar-refractivity contribution < 1.29 is 4.74 Å². The van der Waals surface area contributed by atoms with Crippen molar-refractivity contribution >= 4 is 22.3 Å². The van der Waals surface area contributed by atoms with Crippen LogP contribution >= 0.6 is 11.3 Å². The second-order valence-corrected chi connectivity index (χ2v) is 5.72. The van der Waals surface area contributed by atoms with Crippen LogP contribution in [0.25, 0.3) is 0 Å². The zero-order valence-corrected chi connectivity index (χ0v) is 12.2. The number of aryl methyl sites for hydroxylation is 1. The van der Waals surface area contributed by atoms with Crippen LogP contribution in [0.3, 0.4) is 0 Å². The molecular weight excluding hydrogens is 272 g/mol. The van der Waals surface area contributed by atoms with Crippen molar-refractivity contribution in [2.24, 2.45) is 0 Å². The number of aromatic nitrogens is 2. The molecule has 0 aliphatic carbocycles. The average Bonchev–Trinajstić information content (AvgIpc) is 2.86. The highest BCUT2D eigenvalue weighted by molar-refractivity contribution is 7.13. The maximum absolute atomic E-state index is 6.00. The number of pyridine rings is 1. The van der Waals surface area contributed by atoms with Gasteiger partial charge < -0.3 is 15.4 Å². The van der Waals surface area contributed by atoms with E-state index < -0.39 is 0 Å². The van der Waals surface area contributed by atoms with Crippen molar-refractivity contribution in [1.29, 1.82) is 0 Å². The van der Waals surface area contributed by atoms with E-state index in [1.807, 2.05) is 24.4 Å². The van der Waals surface area contributed by atoms with Crippen LogP contribution in [0, 0.1) is 6.92 Å². The Labute approximate surface area is 122 Å². The molecule has 0 bridgehead atoms. The zero-order valence-electron chi connectivity index (χ0n) is 11.4. The molecule has 5 nitrogen and oxygen atoms in total. The van der Waals surface area contributed by atoms with E-state index in [-0.39, 0.29) is 0 Å². The quantitative estimate of drug-likeness (QED) is 0.906. The largest absolute Gasteiger partial charge is 0.490 e. The summed E-state index contributed by atoms with van der Waals surface area (Å²) < 4.78 is 6.00. The van der Waals surface area contributed by atoms with Crippen LogP contribution in [0.15, 0.2) is 23.7 Å². The first-order valence-electron chi connectivity index (χ1n) is 6.82. The molecule has 3 rings (SSSR count). The van der Waals surface area contributed by atoms with Gasteiger partial charge in [0.15, 0.2) is 5.13 Å². The Balaban J connectivity index is 1.65. The molecule has 0 spiro atoms. The molecular formula is C14H18N4OS. The predicted molar refractivity (Wildman–Crippen MR) is 80.9 cm³/mol. The lowest BCUT2D eigenvalue weighted by Crippen LogP contribution is -2.34. The Morgan fingerprint density at radius 2 is 2.25 bits per heavy atom. The first-order chi connectivity index (χ1) is 9.79. The number of nitrogens with zero attached hydrogens (tertiary/aromatic N) is 2. The fourth-order valence-electron chi connectivity index (χ4n) is 2.18. The van der Waals surface area contributed by atoms with Gasteiger partial charge in [0.25, 0.3) is 0 Å². The molecule has 1 aliphatic heterocycles. The van der Waals surface area contributed by atoms with Crippen molar-refractivity contribution in [2.75, 3.05) is 18.4 Å². The topological polar surface area (TPSA) is 59.1 Å². The van der Waals surface area contributed by atoms with Gasteiger partial charge in [0.05, 0.1) is 5.69 Å². The number of hydrogen-bond acceptors (Lipinski definition) is 6. The third-order valence-electron chi connectivity index (χ3n) is 3.17. The number of ether oxygens (including phenoxy) is 1. The Hall–Kier alpha value is -1.66. The molecule has 0 radical (unpaired) electrons. The van der Waals surface area contributed by atoms with E-state index in [1.54, 1.807) is 17.5 Å². The minimum absolute atomic E-state index is 0.300. The second kappa shape index (κ2) is 6.19. The average molecular weight is 290 g/mol. The summed E-state index contributed by atoms with van der Waals surface area (Å²) in [6.07, 6.45) is 4.17. The van der Waals surface area contributed by atoms with Crippen LogP contribution in [0.5, 0.6) is 5.75 Å². The van der Waals surface area contributed by atoms with E-state index in [0.717, 1.165) is 48.3 Å². The summed E-state index contributed by atoms with van der Waals surface area (Å²) >= 11 is 1.57. The second-order valence-electron chi connectivity index (χ2n) is 4.86. The van der Waals surface area contributed by atoms with Crippen LogP contribution in [0.2, 0.25) is 0 Å². The fourth-order valence-corrected chi connectivity index (χ4v) is 2.87. The highest BCUT2D eigenvalue weighted by atomic mass is 32.1. The number of piperidine rings is 1. The molecule has 1 aliphatic rings. The van der Waals surface area contributed by atoms with Gasteiger partial charge in [-0.15, -0.1) is 11.3 Å². The van der Waals surface area contributed by atoms with E-state index >= 15 is 0 Å². The summed E-state index contributed by atoms with van der Waals surface area (Å²) in [5.41, 5.74) is 1.01. The minimum atomic E-state index is 0.300. The van der Waals surface area contributed by atoms with Gasteiger partial charge in [-0.25, -0.2) is 9.97 Å². The lowest BCUT2D eigenvalue weighted by molar-refractivity contribution is 0.162. The normalized spacial score (nSPS) is 16.1. The number of nitrogens with one attached hydrogen (secondary N) is 2. The summed E-state index contributed by atoms with van der Waals surface area (Å²) in [5.74, 6) is 1.63. The van der Waals surface area contributed by atoms with Gasteiger partial charge in [-0.3, -0.25) is 0 Å². The van der Waals surface area contributed by atoms with Crippen molar-refractivity contribution in [3.05, 3.63) is 29.4 Å². The molecule has 106 valence electrons. The maximum atomic E-state index is 6.00. The molecule has 2 aromatic heterocycles. The Morgan fingerprint density at radius 3 is 3.00 bits per heavy atom. The fraction of sp³-hybridized carbons (Fsp3) is 0.429. The monoisotopic (exact) mass is 290 g/mol. The van der Waals surface area contributed by atoms with Crippen LogP contribution in [0.1, 0.15) is 18.5 Å². The van der Waals surface area contributed by atoms with E-state index in [2.05, 4.69) is 20.6 Å². The molecule has 0 unspecified atom stereocenters. The number of thiazole rings is 1. The Bertz CT molecular complexity index is 566. The van der Waals surface area contributed by atoms with Crippen LogP contribution < -0.4 is 15.4 Å². The number of rotatable bonds is 4. The lowest BCUT2D eigenvalue weighted by atomic mass is 10.1. The standard InChI is InChI=1S/C14H18N4OS/c1-10-9-20-14(17-10)18-13-8-12(4-7-16-13)19-11-2-5-15-6-3-11/h4,7-9,11,15H,2-3,5-6H2,1H3,(H,16,17,18). The minimum Gasteiger partial charge on any atom is -0.490 e. The lowest BCUT2D eigenvalue weighted by Gasteiger charge is -2.23. The summed E-state index contributed by atoms with van der Waals surface area (Å²) in [5, 5.41) is 9.41. The van der Waals surface area contributed by atoms with Crippen molar-refractivity contribution in [2.45, 2.75) is 25.9 Å². The third-order valence-corrected chi connectivity index (χ3v) is 4.05. The van der Waals surface area contributed by atoms with E-state index in [0.29, 0.717) is 6.10 Å². The van der Waals surface area contributed by atoms with Crippen LogP contribution in [-0.2, 0) is 0 Å². The Kier molecular flexibility index (Phi) is 4.13. The van der Waals surface area contributed by atoms with Crippen molar-refractivity contribution in [3.63, 3.8) is 0 Å². The molecule has 20 heavy (non-hydrogen) atoms. The molecule has 2 N–H and O–H groups in total. The van der Waals surface area contributed by atoms with Gasteiger partial charge in [0.1, 0.15) is 17.7 Å². The zero-order chi connectivity index (χ0) is 13.8. The van der Waals surface area contributed by atoms with E-state index in [1.165, 1.54) is 0 Å². The highest BCUT2D eigenvalue weighted by Gasteiger charge is 2.14. The summed E-state index contributed by atoms with van der Waals surface area (Å²) in [6.45, 7) is 4.03. The van der Waals surface area contributed by atoms with Gasteiger partial charge in [0.2, 0.25) is 0 Å². The predicted octanol–water partition coefficient (Wildman–Crippen LogP) is 2.72. The molecule has 0 atom stereocenters. The smallest absolute Gasteiger partial charge is 0.188 e. The SMILES string of the molecule is Cc1csc(Nc2cc(OC3CCNCC3)ccn2)n1. The third kappa shape index (κ3) is 3.46. The first-order valence-corrected chi connectivity index (χ1v) is 7.70. The van der Waals surface area contributed by atoms with Crippen molar-refractivity contribution in [1.82, 2.24) is 15.3 Å². The Morgan fingerprint density at radius 1 is 1.40 bits per heavy atom. The summed E-state index contributed by atoms with van der Waals surface area (Å²) in [6, 6.07) is 3.83. The number of anilines is 2. The maximum Gasteiger partial charge on any atom is 0.188 e. The van der Waals surface area contributed by atoms with Gasteiger partial charge in [-0.05, 0) is 38.9 Å². The van der Waals surface area contributed by atoms with E-state index in [4.69, 9.17) is 4.74 Å². The van der Waals surface area contributed by atoms with Crippen LogP contribution in [-0.4, -0.2) is 29.2 Å². The first kappa shape index (κ1) is 13.3. The molecule has 6 heteroatoms. The number of hydrogen-bond donors (Lipinski definition) is 2. The van der Waals surface area contributed by atoms with Crippen molar-refractivity contribution in [3.8, 4) is 5.75 Å². The molecule has 2 aromatic rings. The van der Waals surface area contributed by atoms with Gasteiger partial charge in [-0.1, -0.05) is 0 Å². The molecule has 3 heterocycles. The molecule has 0 amide bonds. The van der Waals surface area contributed by atoms with Gasteiger partial charge in [-0.2, -0.15) is 0 Å². The molecule has 0 saturated carbocycles.